The Morgan fingerprint density at radius 3 is 2.31 bits per heavy atom. The largest absolute Gasteiger partial charge is 0.497 e. The van der Waals surface area contributed by atoms with Gasteiger partial charge < -0.3 is 29.6 Å². The molecule has 3 heterocycles. The molecule has 0 aliphatic carbocycles. The molecule has 36 heavy (non-hydrogen) atoms. The monoisotopic (exact) mass is 488 g/mol. The van der Waals surface area contributed by atoms with Gasteiger partial charge in [0, 0.05) is 60.7 Å². The molecule has 2 N–H and O–H groups in total. The summed E-state index contributed by atoms with van der Waals surface area (Å²) in [4.78, 5) is 40.7. The predicted molar refractivity (Wildman–Crippen MR) is 136 cm³/mol. The zero-order valence-corrected chi connectivity index (χ0v) is 20.2. The van der Waals surface area contributed by atoms with E-state index in [1.165, 1.54) is 0 Å². The zero-order valence-electron chi connectivity index (χ0n) is 20.2. The molecular weight excluding hydrogens is 460 g/mol. The molecule has 2 aliphatic rings. The molecule has 2 atom stereocenters. The molecule has 3 amide bonds. The summed E-state index contributed by atoms with van der Waals surface area (Å²) in [7, 11) is 3.12. The van der Waals surface area contributed by atoms with Gasteiger partial charge in [-0.1, -0.05) is 18.2 Å². The minimum absolute atomic E-state index is 0.0367. The summed E-state index contributed by atoms with van der Waals surface area (Å²) >= 11 is 0. The van der Waals surface area contributed by atoms with Gasteiger partial charge in [0.2, 0.25) is 0 Å². The average Bonchev–Trinajstić information content (AvgIpc) is 2.90. The zero-order chi connectivity index (χ0) is 25.2. The molecule has 0 radical (unpaired) electrons. The molecule has 1 aromatic heterocycles. The number of carbonyl (C=O) groups excluding carboxylic acids is 2. The molecule has 1 fully saturated rings. The Kier molecular flexibility index (Phi) is 6.37. The molecule has 0 spiro atoms. The number of ether oxygens (including phenoxy) is 2. The lowest BCUT2D eigenvalue weighted by Gasteiger charge is -2.42. The number of anilines is 2. The van der Waals surface area contributed by atoms with Crippen LogP contribution in [-0.2, 0) is 6.54 Å². The Bertz CT molecular complexity index is 1330. The fraction of sp³-hybridized carbons (Fsp3) is 0.296. The number of nitrogens with zero attached hydrogens (tertiary/aromatic N) is 2. The third kappa shape index (κ3) is 4.64. The van der Waals surface area contributed by atoms with Crippen LogP contribution in [0.3, 0.4) is 0 Å². The number of amides is 3. The predicted octanol–water partition coefficient (Wildman–Crippen LogP) is 3.77. The highest BCUT2D eigenvalue weighted by Crippen LogP contribution is 2.36. The van der Waals surface area contributed by atoms with E-state index < -0.39 is 0 Å². The lowest BCUT2D eigenvalue weighted by atomic mass is 9.83. The van der Waals surface area contributed by atoms with Crippen molar-refractivity contribution in [1.29, 1.82) is 0 Å². The first-order chi connectivity index (χ1) is 17.4. The second kappa shape index (κ2) is 9.77. The lowest BCUT2D eigenvalue weighted by molar-refractivity contribution is 0.102. The number of piperidine rings is 1. The van der Waals surface area contributed by atoms with Crippen molar-refractivity contribution < 1.29 is 19.1 Å². The fourth-order valence-electron chi connectivity index (χ4n) is 5.07. The van der Waals surface area contributed by atoms with Crippen molar-refractivity contribution in [2.45, 2.75) is 18.9 Å². The second-order valence-electron chi connectivity index (χ2n) is 9.14. The van der Waals surface area contributed by atoms with Crippen molar-refractivity contribution in [2.75, 3.05) is 37.9 Å². The minimum atomic E-state index is -0.318. The number of fused-ring (bicyclic) bond motifs is 4. The molecule has 186 valence electrons. The third-order valence-electron chi connectivity index (χ3n) is 6.78. The molecule has 1 saturated heterocycles. The Labute approximate surface area is 208 Å². The van der Waals surface area contributed by atoms with Gasteiger partial charge in [0.05, 0.1) is 14.2 Å². The van der Waals surface area contributed by atoms with E-state index in [0.717, 1.165) is 12.1 Å². The second-order valence-corrected chi connectivity index (χ2v) is 9.14. The number of aromatic nitrogens is 1. The molecular formula is C27H28N4O5. The van der Waals surface area contributed by atoms with Crippen molar-refractivity contribution in [2.24, 2.45) is 5.92 Å². The summed E-state index contributed by atoms with van der Waals surface area (Å²) in [6.45, 7) is 1.53. The molecule has 0 unspecified atom stereocenters. The smallest absolute Gasteiger partial charge is 0.321 e. The highest BCUT2D eigenvalue weighted by molar-refractivity contribution is 6.04. The number of nitrogens with one attached hydrogen (secondary N) is 2. The maximum Gasteiger partial charge on any atom is 0.321 e. The highest BCUT2D eigenvalue weighted by Gasteiger charge is 2.37. The van der Waals surface area contributed by atoms with E-state index in [4.69, 9.17) is 9.47 Å². The molecule has 0 saturated carbocycles. The molecule has 2 aliphatic heterocycles. The molecule has 3 aromatic rings. The molecule has 9 heteroatoms. The maximum absolute atomic E-state index is 13.2. The van der Waals surface area contributed by atoms with Gasteiger partial charge in [-0.3, -0.25) is 9.59 Å². The SMILES string of the molecule is COc1cc(NC(=O)N2C[C@@H]3C[C@H](C2)c2ccc(NC(=O)c4ccccc4)c(=O)n2C3)cc(OC)c1. The number of carbonyl (C=O) groups is 2. The highest BCUT2D eigenvalue weighted by atomic mass is 16.5. The lowest BCUT2D eigenvalue weighted by Crippen LogP contribution is -2.50. The van der Waals surface area contributed by atoms with E-state index in [1.807, 2.05) is 12.1 Å². The number of pyridine rings is 1. The Morgan fingerprint density at radius 1 is 0.889 bits per heavy atom. The number of hydrogen-bond acceptors (Lipinski definition) is 5. The third-order valence-corrected chi connectivity index (χ3v) is 6.78. The van der Waals surface area contributed by atoms with Crippen molar-refractivity contribution in [3.63, 3.8) is 0 Å². The normalized spacial score (nSPS) is 18.1. The van der Waals surface area contributed by atoms with Crippen LogP contribution in [0, 0.1) is 5.92 Å². The van der Waals surface area contributed by atoms with E-state index in [9.17, 15) is 14.4 Å². The summed E-state index contributed by atoms with van der Waals surface area (Å²) in [5.41, 5.74) is 2.01. The van der Waals surface area contributed by atoms with Gasteiger partial charge in [-0.2, -0.15) is 0 Å². The van der Waals surface area contributed by atoms with E-state index in [1.54, 1.807) is 72.2 Å². The topological polar surface area (TPSA) is 102 Å². The van der Waals surface area contributed by atoms with Crippen molar-refractivity contribution >= 4 is 23.3 Å². The summed E-state index contributed by atoms with van der Waals surface area (Å²) in [6.07, 6.45) is 0.909. The quantitative estimate of drug-likeness (QED) is 0.569. The van der Waals surface area contributed by atoms with Crippen LogP contribution in [0.2, 0.25) is 0 Å². The molecule has 2 aromatic carbocycles. The summed E-state index contributed by atoms with van der Waals surface area (Å²) < 4.78 is 12.3. The van der Waals surface area contributed by atoms with Gasteiger partial charge in [0.15, 0.2) is 0 Å². The van der Waals surface area contributed by atoms with Gasteiger partial charge in [-0.25, -0.2) is 4.79 Å². The molecule has 9 nitrogen and oxygen atoms in total. The van der Waals surface area contributed by atoms with Crippen LogP contribution in [0.25, 0.3) is 0 Å². The van der Waals surface area contributed by atoms with Gasteiger partial charge >= 0.3 is 6.03 Å². The number of hydrogen-bond donors (Lipinski definition) is 2. The number of benzene rings is 2. The van der Waals surface area contributed by atoms with Crippen LogP contribution in [0.4, 0.5) is 16.2 Å². The summed E-state index contributed by atoms with van der Waals surface area (Å²) in [5, 5.41) is 5.69. The first-order valence-corrected chi connectivity index (χ1v) is 11.8. The van der Waals surface area contributed by atoms with Crippen molar-refractivity contribution in [1.82, 2.24) is 9.47 Å². The summed E-state index contributed by atoms with van der Waals surface area (Å²) in [6, 6.07) is 17.4. The van der Waals surface area contributed by atoms with Crippen LogP contribution in [0.15, 0.2) is 65.5 Å². The first kappa shape index (κ1) is 23.5. The van der Waals surface area contributed by atoms with E-state index in [-0.39, 0.29) is 35.0 Å². The van der Waals surface area contributed by atoms with E-state index in [0.29, 0.717) is 42.4 Å². The standard InChI is InChI=1S/C27H28N4O5/c1-35-21-11-20(12-22(13-21)36-2)28-27(34)30-14-17-10-19(16-30)24-9-8-23(26(33)31(24)15-17)29-25(32)18-6-4-3-5-7-18/h3-9,11-13,17,19H,10,14-16H2,1-2H3,(H,28,34)(H,29,32)/t17-,19+/m0/s1. The first-order valence-electron chi connectivity index (χ1n) is 11.8. The van der Waals surface area contributed by atoms with Gasteiger partial charge in [-0.05, 0) is 36.6 Å². The molecule has 5 rings (SSSR count). The van der Waals surface area contributed by atoms with Crippen LogP contribution in [0.5, 0.6) is 11.5 Å². The van der Waals surface area contributed by atoms with E-state index in [2.05, 4.69) is 10.6 Å². The number of methoxy groups -OCH3 is 2. The van der Waals surface area contributed by atoms with Crippen molar-refractivity contribution in [3.05, 3.63) is 82.3 Å². The number of urea groups is 1. The van der Waals surface area contributed by atoms with E-state index >= 15 is 0 Å². The molecule has 2 bridgehead atoms. The Hall–Kier alpha value is -4.27. The summed E-state index contributed by atoms with van der Waals surface area (Å²) in [5.74, 6) is 1.03. The number of likely N-dealkylation sites (tertiary alicyclic amines) is 1. The van der Waals surface area contributed by atoms with Gasteiger partial charge in [0.25, 0.3) is 11.5 Å². The average molecular weight is 489 g/mol. The number of rotatable bonds is 5. The van der Waals surface area contributed by atoms with Gasteiger partial charge in [-0.15, -0.1) is 0 Å². The van der Waals surface area contributed by atoms with Crippen LogP contribution >= 0.6 is 0 Å². The van der Waals surface area contributed by atoms with Crippen LogP contribution < -0.4 is 25.7 Å². The van der Waals surface area contributed by atoms with Crippen LogP contribution in [0.1, 0.15) is 28.4 Å². The fourth-order valence-corrected chi connectivity index (χ4v) is 5.07. The Balaban J connectivity index is 1.32. The van der Waals surface area contributed by atoms with Crippen LogP contribution in [-0.4, -0.2) is 48.7 Å². The van der Waals surface area contributed by atoms with Crippen molar-refractivity contribution in [3.8, 4) is 11.5 Å². The maximum atomic E-state index is 13.2. The Morgan fingerprint density at radius 2 is 1.61 bits per heavy atom. The van der Waals surface area contributed by atoms with Gasteiger partial charge in [0.1, 0.15) is 17.2 Å². The minimum Gasteiger partial charge on any atom is -0.497 e.